The highest BCUT2D eigenvalue weighted by Crippen LogP contribution is 2.35. The van der Waals surface area contributed by atoms with E-state index in [2.05, 4.69) is 32.6 Å². The predicted octanol–water partition coefficient (Wildman–Crippen LogP) is 12.3. The Hall–Kier alpha value is -1.63. The number of amides is 1. The molecule has 0 spiro atoms. The van der Waals surface area contributed by atoms with E-state index in [-0.39, 0.29) is 41.8 Å². The van der Waals surface area contributed by atoms with Gasteiger partial charge in [0.1, 0.15) is 0 Å². The molecule has 2 fully saturated rings. The molecule has 2 aliphatic rings. The molecule has 1 aliphatic carbocycles. The Labute approximate surface area is 333 Å². The summed E-state index contributed by atoms with van der Waals surface area (Å²) in [4.78, 5) is 41.6. The van der Waals surface area contributed by atoms with E-state index < -0.39 is 0 Å². The third-order valence-electron chi connectivity index (χ3n) is 12.9. The number of nitrogens with zero attached hydrogens (tertiary/aromatic N) is 1. The number of hydrogen-bond donors (Lipinski definition) is 1. The van der Waals surface area contributed by atoms with Crippen LogP contribution in [-0.4, -0.2) is 59.8 Å². The lowest BCUT2D eigenvalue weighted by atomic mass is 9.75. The Balaban J connectivity index is 1.96. The van der Waals surface area contributed by atoms with Crippen molar-refractivity contribution in [3.8, 4) is 0 Å². The SMILES string of the molecule is CCCCCCCCCCOC(=O)C(CCCC(CCCC(CC)N1CCCC1=O)C(=O)OCCCCCCCC)CCCC(CC)C1CCC(O)CC1. The minimum atomic E-state index is -0.169. The highest BCUT2D eigenvalue weighted by molar-refractivity contribution is 5.78. The van der Waals surface area contributed by atoms with E-state index in [1.165, 1.54) is 64.2 Å². The fourth-order valence-corrected chi connectivity index (χ4v) is 9.28. The second-order valence-corrected chi connectivity index (χ2v) is 17.3. The number of carbonyl (C=O) groups is 3. The lowest BCUT2D eigenvalue weighted by Gasteiger charge is -2.32. The summed E-state index contributed by atoms with van der Waals surface area (Å²) in [7, 11) is 0. The number of hydrogen-bond acceptors (Lipinski definition) is 6. The van der Waals surface area contributed by atoms with Crippen molar-refractivity contribution in [2.45, 2.75) is 239 Å². The molecular formula is C47H87NO6. The standard InChI is InChI=1S/C47H87NO6/c1-5-9-11-13-15-16-18-20-38-53-46(51)41(26-21-25-39(7-3)40-32-34-44(49)35-33-40)27-22-28-42(47(52)54-37-19-17-14-12-10-6-2)29-23-30-43(8-4)48-36-24-31-45(48)50/h39-44,49H,5-38H2,1-4H3. The lowest BCUT2D eigenvalue weighted by Crippen LogP contribution is -2.35. The van der Waals surface area contributed by atoms with Gasteiger partial charge in [-0.2, -0.15) is 0 Å². The normalized spacial score (nSPS) is 19.8. The number of esters is 2. The summed E-state index contributed by atoms with van der Waals surface area (Å²) in [6.07, 6.45) is 32.3. The van der Waals surface area contributed by atoms with Crippen molar-refractivity contribution in [3.63, 3.8) is 0 Å². The topological polar surface area (TPSA) is 93.1 Å². The van der Waals surface area contributed by atoms with E-state index in [1.54, 1.807) is 0 Å². The molecule has 0 aromatic heterocycles. The number of likely N-dealkylation sites (tertiary alicyclic amines) is 1. The van der Waals surface area contributed by atoms with Gasteiger partial charge in [0.15, 0.2) is 0 Å². The molecule has 0 aromatic rings. The summed E-state index contributed by atoms with van der Waals surface area (Å²) in [6.45, 7) is 10.8. The first-order chi connectivity index (χ1) is 26.3. The number of aliphatic hydroxyl groups excluding tert-OH is 1. The van der Waals surface area contributed by atoms with Gasteiger partial charge in [-0.15, -0.1) is 0 Å². The average Bonchev–Trinajstić information content (AvgIpc) is 3.61. The number of rotatable bonds is 34. The summed E-state index contributed by atoms with van der Waals surface area (Å²) in [5, 5.41) is 10.0. The fourth-order valence-electron chi connectivity index (χ4n) is 9.28. The molecule has 4 atom stereocenters. The van der Waals surface area contributed by atoms with Crippen LogP contribution >= 0.6 is 0 Å². The van der Waals surface area contributed by atoms with Gasteiger partial charge in [0.2, 0.25) is 5.91 Å². The molecule has 316 valence electrons. The van der Waals surface area contributed by atoms with Crippen LogP contribution < -0.4 is 0 Å². The molecule has 2 rings (SSSR count). The molecule has 1 aliphatic heterocycles. The zero-order chi connectivity index (χ0) is 39.2. The van der Waals surface area contributed by atoms with E-state index in [0.717, 1.165) is 135 Å². The number of ether oxygens (including phenoxy) is 2. The molecule has 0 bridgehead atoms. The van der Waals surface area contributed by atoms with Crippen LogP contribution in [0.1, 0.15) is 227 Å². The third-order valence-corrected chi connectivity index (χ3v) is 12.9. The summed E-state index contributed by atoms with van der Waals surface area (Å²) >= 11 is 0. The van der Waals surface area contributed by atoms with Crippen molar-refractivity contribution in [1.82, 2.24) is 4.90 Å². The molecule has 1 saturated heterocycles. The molecule has 0 radical (unpaired) electrons. The predicted molar refractivity (Wildman–Crippen MR) is 223 cm³/mol. The number of unbranched alkanes of at least 4 members (excludes halogenated alkanes) is 12. The molecule has 7 nitrogen and oxygen atoms in total. The molecule has 1 heterocycles. The molecule has 1 saturated carbocycles. The maximum Gasteiger partial charge on any atom is 0.308 e. The van der Waals surface area contributed by atoms with Crippen molar-refractivity contribution >= 4 is 17.8 Å². The fraction of sp³-hybridized carbons (Fsp3) is 0.936. The van der Waals surface area contributed by atoms with Crippen LogP contribution in [0.25, 0.3) is 0 Å². The minimum absolute atomic E-state index is 0.0462. The van der Waals surface area contributed by atoms with Gasteiger partial charge < -0.3 is 19.5 Å². The quantitative estimate of drug-likeness (QED) is 0.0518. The molecule has 7 heteroatoms. The molecule has 0 aromatic carbocycles. The van der Waals surface area contributed by atoms with Crippen LogP contribution in [0.4, 0.5) is 0 Å². The van der Waals surface area contributed by atoms with Gasteiger partial charge in [0, 0.05) is 19.0 Å². The van der Waals surface area contributed by atoms with Gasteiger partial charge in [-0.05, 0) is 95.3 Å². The van der Waals surface area contributed by atoms with Crippen LogP contribution in [0.2, 0.25) is 0 Å². The maximum absolute atomic E-state index is 13.6. The Morgan fingerprint density at radius 2 is 1.07 bits per heavy atom. The second kappa shape index (κ2) is 31.5. The number of carbonyl (C=O) groups excluding carboxylic acids is 3. The zero-order valence-electron chi connectivity index (χ0n) is 35.9. The first kappa shape index (κ1) is 48.5. The van der Waals surface area contributed by atoms with Crippen LogP contribution in [0.3, 0.4) is 0 Å². The van der Waals surface area contributed by atoms with Crippen LogP contribution in [0, 0.1) is 23.7 Å². The van der Waals surface area contributed by atoms with Gasteiger partial charge in [0.25, 0.3) is 0 Å². The highest BCUT2D eigenvalue weighted by atomic mass is 16.5. The zero-order valence-corrected chi connectivity index (χ0v) is 35.9. The van der Waals surface area contributed by atoms with Crippen molar-refractivity contribution in [2.24, 2.45) is 23.7 Å². The maximum atomic E-state index is 13.6. The third kappa shape index (κ3) is 21.1. The van der Waals surface area contributed by atoms with Crippen molar-refractivity contribution in [1.29, 1.82) is 0 Å². The monoisotopic (exact) mass is 762 g/mol. The average molecular weight is 762 g/mol. The van der Waals surface area contributed by atoms with E-state index in [1.807, 2.05) is 0 Å². The van der Waals surface area contributed by atoms with Gasteiger partial charge in [-0.25, -0.2) is 0 Å². The molecular weight excluding hydrogens is 675 g/mol. The van der Waals surface area contributed by atoms with E-state index in [0.29, 0.717) is 31.5 Å². The van der Waals surface area contributed by atoms with Gasteiger partial charge >= 0.3 is 11.9 Å². The smallest absolute Gasteiger partial charge is 0.308 e. The van der Waals surface area contributed by atoms with Crippen LogP contribution in [0.15, 0.2) is 0 Å². The van der Waals surface area contributed by atoms with E-state index in [4.69, 9.17) is 9.47 Å². The Morgan fingerprint density at radius 1 is 0.611 bits per heavy atom. The largest absolute Gasteiger partial charge is 0.465 e. The van der Waals surface area contributed by atoms with Gasteiger partial charge in [0.05, 0.1) is 31.2 Å². The van der Waals surface area contributed by atoms with Crippen molar-refractivity contribution in [2.75, 3.05) is 19.8 Å². The first-order valence-corrected chi connectivity index (χ1v) is 23.6. The van der Waals surface area contributed by atoms with E-state index in [9.17, 15) is 19.5 Å². The van der Waals surface area contributed by atoms with Crippen LogP contribution in [0.5, 0.6) is 0 Å². The van der Waals surface area contributed by atoms with E-state index >= 15 is 0 Å². The summed E-state index contributed by atoms with van der Waals surface area (Å²) in [5.41, 5.74) is 0. The minimum Gasteiger partial charge on any atom is -0.465 e. The van der Waals surface area contributed by atoms with Gasteiger partial charge in [-0.1, -0.05) is 137 Å². The highest BCUT2D eigenvalue weighted by Gasteiger charge is 2.29. The molecule has 1 amide bonds. The van der Waals surface area contributed by atoms with Crippen molar-refractivity contribution in [3.05, 3.63) is 0 Å². The Kier molecular flexibility index (Phi) is 28.3. The summed E-state index contributed by atoms with van der Waals surface area (Å²) in [5.74, 6) is 1.19. The summed E-state index contributed by atoms with van der Waals surface area (Å²) in [6, 6.07) is 0.255. The molecule has 1 N–H and O–H groups in total. The molecule has 54 heavy (non-hydrogen) atoms. The second-order valence-electron chi connectivity index (χ2n) is 17.3. The first-order valence-electron chi connectivity index (χ1n) is 23.6. The summed E-state index contributed by atoms with van der Waals surface area (Å²) < 4.78 is 11.8. The lowest BCUT2D eigenvalue weighted by molar-refractivity contribution is -0.149. The number of aliphatic hydroxyl groups is 1. The van der Waals surface area contributed by atoms with Crippen LogP contribution in [-0.2, 0) is 23.9 Å². The van der Waals surface area contributed by atoms with Gasteiger partial charge in [-0.3, -0.25) is 14.4 Å². The molecule has 4 unspecified atom stereocenters. The van der Waals surface area contributed by atoms with Crippen molar-refractivity contribution < 1.29 is 29.0 Å². The Morgan fingerprint density at radius 3 is 1.52 bits per heavy atom. The Bertz CT molecular complexity index is 949.